The Morgan fingerprint density at radius 2 is 1.90 bits per heavy atom. The highest BCUT2D eigenvalue weighted by molar-refractivity contribution is 6.30. The van der Waals surface area contributed by atoms with Gasteiger partial charge in [0.15, 0.2) is 5.69 Å². The Morgan fingerprint density at radius 3 is 2.48 bits per heavy atom. The molecule has 0 unspecified atom stereocenters. The normalized spacial score (nSPS) is 10.2. The molecule has 1 heterocycles. The van der Waals surface area contributed by atoms with Crippen LogP contribution in [-0.2, 0) is 9.47 Å². The van der Waals surface area contributed by atoms with Gasteiger partial charge in [-0.25, -0.2) is 14.6 Å². The maximum Gasteiger partial charge on any atom is 0.374 e. The van der Waals surface area contributed by atoms with E-state index in [0.29, 0.717) is 16.3 Å². The zero-order chi connectivity index (χ0) is 15.4. The van der Waals surface area contributed by atoms with E-state index in [0.717, 1.165) is 0 Å². The Kier molecular flexibility index (Phi) is 4.59. The van der Waals surface area contributed by atoms with Gasteiger partial charge in [-0.3, -0.25) is 0 Å². The van der Waals surface area contributed by atoms with Crippen LogP contribution in [0.1, 0.15) is 28.0 Å². The topological polar surface area (TPSA) is 81.3 Å². The molecular weight excluding hydrogens is 296 g/mol. The predicted molar refractivity (Wildman–Crippen MR) is 76.3 cm³/mol. The molecule has 0 atom stereocenters. The summed E-state index contributed by atoms with van der Waals surface area (Å²) in [6.07, 6.45) is 0. The third-order valence-electron chi connectivity index (χ3n) is 2.68. The first-order chi connectivity index (χ1) is 10.1. The van der Waals surface area contributed by atoms with Crippen LogP contribution >= 0.6 is 11.6 Å². The molecule has 2 aromatic rings. The number of imidazole rings is 1. The van der Waals surface area contributed by atoms with Gasteiger partial charge in [-0.05, 0) is 19.1 Å². The number of nitrogens with one attached hydrogen (secondary N) is 1. The summed E-state index contributed by atoms with van der Waals surface area (Å²) in [4.78, 5) is 30.3. The number of rotatable bonds is 4. The first kappa shape index (κ1) is 15.1. The van der Waals surface area contributed by atoms with Crippen LogP contribution in [0.5, 0.6) is 0 Å². The van der Waals surface area contributed by atoms with E-state index in [1.807, 2.05) is 0 Å². The fourth-order valence-electron chi connectivity index (χ4n) is 1.73. The highest BCUT2D eigenvalue weighted by atomic mass is 35.5. The van der Waals surface area contributed by atoms with Gasteiger partial charge in [-0.1, -0.05) is 23.7 Å². The molecule has 1 aromatic carbocycles. The zero-order valence-electron chi connectivity index (χ0n) is 11.5. The molecule has 21 heavy (non-hydrogen) atoms. The summed E-state index contributed by atoms with van der Waals surface area (Å²) in [6, 6.07) is 6.72. The van der Waals surface area contributed by atoms with Gasteiger partial charge < -0.3 is 14.5 Å². The van der Waals surface area contributed by atoms with Crippen LogP contribution in [0.4, 0.5) is 0 Å². The van der Waals surface area contributed by atoms with Crippen LogP contribution in [0.15, 0.2) is 24.3 Å². The fraction of sp³-hybridized carbons (Fsp3) is 0.214. The van der Waals surface area contributed by atoms with Crippen molar-refractivity contribution in [3.8, 4) is 11.3 Å². The molecule has 0 aliphatic rings. The molecule has 0 amide bonds. The molecule has 0 spiro atoms. The lowest BCUT2D eigenvalue weighted by atomic mass is 10.1. The molecule has 1 aromatic heterocycles. The molecular formula is C14H13ClN2O4. The van der Waals surface area contributed by atoms with Gasteiger partial charge in [-0.2, -0.15) is 0 Å². The lowest BCUT2D eigenvalue weighted by Crippen LogP contribution is -2.08. The number of halogens is 1. The van der Waals surface area contributed by atoms with E-state index in [9.17, 15) is 9.59 Å². The van der Waals surface area contributed by atoms with E-state index in [4.69, 9.17) is 16.3 Å². The Labute approximate surface area is 126 Å². The minimum absolute atomic E-state index is 0.0643. The van der Waals surface area contributed by atoms with Gasteiger partial charge in [0.2, 0.25) is 5.82 Å². The van der Waals surface area contributed by atoms with Gasteiger partial charge in [0.1, 0.15) is 5.69 Å². The van der Waals surface area contributed by atoms with E-state index >= 15 is 0 Å². The van der Waals surface area contributed by atoms with Gasteiger partial charge >= 0.3 is 11.9 Å². The molecule has 0 bridgehead atoms. The number of hydrogen-bond donors (Lipinski definition) is 1. The number of ether oxygens (including phenoxy) is 2. The van der Waals surface area contributed by atoms with Gasteiger partial charge in [0.05, 0.1) is 13.7 Å². The maximum absolute atomic E-state index is 12.0. The molecule has 1 N–H and O–H groups in total. The van der Waals surface area contributed by atoms with Crippen molar-refractivity contribution in [1.29, 1.82) is 0 Å². The number of carbonyl (C=O) groups excluding carboxylic acids is 2. The molecule has 0 aliphatic heterocycles. The monoisotopic (exact) mass is 308 g/mol. The summed E-state index contributed by atoms with van der Waals surface area (Å²) < 4.78 is 9.55. The SMILES string of the molecule is CCOC(=O)c1[nH]c(C(=O)OC)nc1-c1ccc(Cl)cc1. The van der Waals surface area contributed by atoms with Crippen molar-refractivity contribution in [2.75, 3.05) is 13.7 Å². The third-order valence-corrected chi connectivity index (χ3v) is 2.93. The molecule has 7 heteroatoms. The summed E-state index contributed by atoms with van der Waals surface area (Å²) in [5.41, 5.74) is 1.04. The van der Waals surface area contributed by atoms with E-state index in [1.54, 1.807) is 31.2 Å². The second-order valence-electron chi connectivity index (χ2n) is 4.03. The summed E-state index contributed by atoms with van der Waals surface area (Å²) in [5.74, 6) is -1.32. The van der Waals surface area contributed by atoms with Crippen LogP contribution < -0.4 is 0 Å². The molecule has 2 rings (SSSR count). The molecule has 0 radical (unpaired) electrons. The van der Waals surface area contributed by atoms with Crippen LogP contribution in [-0.4, -0.2) is 35.6 Å². The molecule has 0 aliphatic carbocycles. The largest absolute Gasteiger partial charge is 0.463 e. The Hall–Kier alpha value is -2.34. The first-order valence-electron chi connectivity index (χ1n) is 6.18. The number of nitrogens with zero attached hydrogens (tertiary/aromatic N) is 1. The summed E-state index contributed by atoms with van der Waals surface area (Å²) >= 11 is 5.84. The van der Waals surface area contributed by atoms with Crippen LogP contribution in [0.25, 0.3) is 11.3 Å². The zero-order valence-corrected chi connectivity index (χ0v) is 12.2. The minimum Gasteiger partial charge on any atom is -0.463 e. The van der Waals surface area contributed by atoms with Gasteiger partial charge in [-0.15, -0.1) is 0 Å². The van der Waals surface area contributed by atoms with Crippen molar-refractivity contribution in [3.63, 3.8) is 0 Å². The van der Waals surface area contributed by atoms with Crippen molar-refractivity contribution >= 4 is 23.5 Å². The fourth-order valence-corrected chi connectivity index (χ4v) is 1.86. The highest BCUT2D eigenvalue weighted by Gasteiger charge is 2.23. The number of aromatic nitrogens is 2. The molecule has 0 fully saturated rings. The quantitative estimate of drug-likeness (QED) is 0.878. The number of methoxy groups -OCH3 is 1. The van der Waals surface area contributed by atoms with Gasteiger partial charge in [0.25, 0.3) is 0 Å². The summed E-state index contributed by atoms with van der Waals surface area (Å²) in [6.45, 7) is 1.91. The Morgan fingerprint density at radius 1 is 1.24 bits per heavy atom. The number of hydrogen-bond acceptors (Lipinski definition) is 5. The minimum atomic E-state index is -0.666. The Bertz CT molecular complexity index is 664. The second-order valence-corrected chi connectivity index (χ2v) is 4.46. The van der Waals surface area contributed by atoms with Crippen molar-refractivity contribution < 1.29 is 19.1 Å². The summed E-state index contributed by atoms with van der Waals surface area (Å²) in [5, 5.41) is 0.556. The third kappa shape index (κ3) is 3.22. The second kappa shape index (κ2) is 6.41. The van der Waals surface area contributed by atoms with Crippen molar-refractivity contribution in [1.82, 2.24) is 9.97 Å². The van der Waals surface area contributed by atoms with Gasteiger partial charge in [0, 0.05) is 10.6 Å². The Balaban J connectivity index is 2.51. The highest BCUT2D eigenvalue weighted by Crippen LogP contribution is 2.24. The molecule has 110 valence electrons. The molecule has 0 saturated heterocycles. The average Bonchev–Trinajstić information content (AvgIpc) is 2.92. The first-order valence-corrected chi connectivity index (χ1v) is 6.56. The van der Waals surface area contributed by atoms with E-state index in [2.05, 4.69) is 14.7 Å². The number of esters is 2. The lowest BCUT2D eigenvalue weighted by molar-refractivity contribution is 0.0521. The van der Waals surface area contributed by atoms with Crippen LogP contribution in [0.2, 0.25) is 5.02 Å². The van der Waals surface area contributed by atoms with E-state index in [-0.39, 0.29) is 18.1 Å². The lowest BCUT2D eigenvalue weighted by Gasteiger charge is -2.02. The molecule has 0 saturated carbocycles. The standard InChI is InChI=1S/C14H13ClN2O4/c1-3-21-13(18)11-10(8-4-6-9(15)7-5-8)16-12(17-11)14(19)20-2/h4-7H,3H2,1-2H3,(H,16,17). The van der Waals surface area contributed by atoms with Crippen LogP contribution in [0, 0.1) is 0 Å². The smallest absolute Gasteiger partial charge is 0.374 e. The van der Waals surface area contributed by atoms with Crippen molar-refractivity contribution in [2.24, 2.45) is 0 Å². The maximum atomic E-state index is 12.0. The predicted octanol–water partition coefficient (Wildman–Crippen LogP) is 2.69. The van der Waals surface area contributed by atoms with Crippen molar-refractivity contribution in [3.05, 3.63) is 40.8 Å². The summed E-state index contributed by atoms with van der Waals surface area (Å²) in [7, 11) is 1.23. The number of carbonyl (C=O) groups is 2. The number of benzene rings is 1. The molecule has 6 nitrogen and oxygen atoms in total. The van der Waals surface area contributed by atoms with Crippen LogP contribution in [0.3, 0.4) is 0 Å². The van der Waals surface area contributed by atoms with E-state index in [1.165, 1.54) is 7.11 Å². The average molecular weight is 309 g/mol. The number of aromatic amines is 1. The van der Waals surface area contributed by atoms with Crippen molar-refractivity contribution in [2.45, 2.75) is 6.92 Å². The number of H-pyrrole nitrogens is 1. The van der Waals surface area contributed by atoms with E-state index < -0.39 is 11.9 Å².